The Hall–Kier alpha value is -2.43. The van der Waals surface area contributed by atoms with Gasteiger partial charge in [-0.05, 0) is 18.1 Å². The molecule has 0 aliphatic heterocycles. The first kappa shape index (κ1) is 15.9. The predicted octanol–water partition coefficient (Wildman–Crippen LogP) is 2.55. The van der Waals surface area contributed by atoms with E-state index in [4.69, 9.17) is 4.74 Å². The molecule has 0 spiro atoms. The van der Waals surface area contributed by atoms with Crippen LogP contribution in [0.5, 0.6) is 0 Å². The number of esters is 1. The van der Waals surface area contributed by atoms with Gasteiger partial charge in [-0.15, -0.1) is 0 Å². The fourth-order valence-electron chi connectivity index (χ4n) is 2.22. The minimum Gasteiger partial charge on any atom is -0.467 e. The van der Waals surface area contributed by atoms with E-state index in [1.54, 1.807) is 6.07 Å². The van der Waals surface area contributed by atoms with E-state index >= 15 is 0 Å². The molecule has 0 fully saturated rings. The fourth-order valence-corrected chi connectivity index (χ4v) is 2.22. The number of nitrogens with zero attached hydrogens (tertiary/aromatic N) is 1. The summed E-state index contributed by atoms with van der Waals surface area (Å²) in [6, 6.07) is 8.67. The summed E-state index contributed by atoms with van der Waals surface area (Å²) in [5.74, 6) is -0.768. The molecule has 1 amide bonds. The van der Waals surface area contributed by atoms with Gasteiger partial charge in [0.25, 0.3) is 5.91 Å². The van der Waals surface area contributed by atoms with E-state index < -0.39 is 12.0 Å². The number of para-hydroxylation sites is 1. The molecular formula is C17H20N2O3. The van der Waals surface area contributed by atoms with Gasteiger partial charge in [-0.25, -0.2) is 4.79 Å². The largest absolute Gasteiger partial charge is 0.467 e. The average Bonchev–Trinajstić information content (AvgIpc) is 2.57. The van der Waals surface area contributed by atoms with Crippen LogP contribution in [0.3, 0.4) is 0 Å². The third-order valence-electron chi connectivity index (χ3n) is 3.81. The Kier molecular flexibility index (Phi) is 5.09. The van der Waals surface area contributed by atoms with Crippen molar-refractivity contribution in [2.24, 2.45) is 5.92 Å². The summed E-state index contributed by atoms with van der Waals surface area (Å²) in [5, 5.41) is 3.63. The number of benzene rings is 1. The second-order valence-corrected chi connectivity index (χ2v) is 5.28. The number of ether oxygens (including phenoxy) is 1. The molecule has 1 aromatic heterocycles. The number of aromatic nitrogens is 1. The minimum absolute atomic E-state index is 0.00943. The summed E-state index contributed by atoms with van der Waals surface area (Å²) in [6.45, 7) is 3.87. The molecule has 0 bridgehead atoms. The zero-order chi connectivity index (χ0) is 16.1. The van der Waals surface area contributed by atoms with Gasteiger partial charge in [0.15, 0.2) is 0 Å². The van der Waals surface area contributed by atoms with Crippen molar-refractivity contribution in [3.05, 3.63) is 42.1 Å². The Bertz CT molecular complexity index is 684. The van der Waals surface area contributed by atoms with E-state index in [-0.39, 0.29) is 11.8 Å². The van der Waals surface area contributed by atoms with Gasteiger partial charge in [-0.2, -0.15) is 0 Å². The zero-order valence-corrected chi connectivity index (χ0v) is 13.0. The van der Waals surface area contributed by atoms with Gasteiger partial charge in [0.1, 0.15) is 6.04 Å². The number of methoxy groups -OCH3 is 1. The highest BCUT2D eigenvalue weighted by molar-refractivity contribution is 5.99. The summed E-state index contributed by atoms with van der Waals surface area (Å²) in [7, 11) is 1.32. The molecule has 0 unspecified atom stereocenters. The highest BCUT2D eigenvalue weighted by atomic mass is 16.5. The topological polar surface area (TPSA) is 68.3 Å². The lowest BCUT2D eigenvalue weighted by Gasteiger charge is -2.21. The Balaban J connectivity index is 2.22. The molecule has 5 heteroatoms. The smallest absolute Gasteiger partial charge is 0.328 e. The maximum Gasteiger partial charge on any atom is 0.328 e. The van der Waals surface area contributed by atoms with Crippen molar-refractivity contribution < 1.29 is 14.3 Å². The first-order chi connectivity index (χ1) is 10.6. The van der Waals surface area contributed by atoms with Gasteiger partial charge >= 0.3 is 5.97 Å². The van der Waals surface area contributed by atoms with Gasteiger partial charge in [0.05, 0.1) is 18.2 Å². The van der Waals surface area contributed by atoms with Crippen LogP contribution in [-0.2, 0) is 9.53 Å². The van der Waals surface area contributed by atoms with Crippen molar-refractivity contribution >= 4 is 22.8 Å². The van der Waals surface area contributed by atoms with Crippen LogP contribution < -0.4 is 5.32 Å². The number of hydrogen-bond donors (Lipinski definition) is 1. The number of fused-ring (bicyclic) bond motifs is 1. The molecule has 1 aromatic carbocycles. The molecule has 1 N–H and O–H groups in total. The normalized spacial score (nSPS) is 13.4. The molecule has 116 valence electrons. The zero-order valence-electron chi connectivity index (χ0n) is 13.0. The van der Waals surface area contributed by atoms with Crippen LogP contribution in [0.15, 0.2) is 36.5 Å². The van der Waals surface area contributed by atoms with Crippen molar-refractivity contribution in [3.63, 3.8) is 0 Å². The van der Waals surface area contributed by atoms with Gasteiger partial charge in [0.2, 0.25) is 0 Å². The molecule has 0 radical (unpaired) electrons. The van der Waals surface area contributed by atoms with Crippen molar-refractivity contribution in [1.82, 2.24) is 10.3 Å². The van der Waals surface area contributed by atoms with Gasteiger partial charge in [-0.3, -0.25) is 9.78 Å². The molecule has 0 saturated carbocycles. The maximum atomic E-state index is 12.4. The number of amides is 1. The Morgan fingerprint density at radius 2 is 2.05 bits per heavy atom. The monoisotopic (exact) mass is 300 g/mol. The number of carbonyl (C=O) groups is 2. The third-order valence-corrected chi connectivity index (χ3v) is 3.81. The summed E-state index contributed by atoms with van der Waals surface area (Å²) < 4.78 is 4.77. The molecule has 2 aromatic rings. The number of hydrogen-bond acceptors (Lipinski definition) is 4. The summed E-state index contributed by atoms with van der Waals surface area (Å²) in [4.78, 5) is 28.5. The van der Waals surface area contributed by atoms with Crippen molar-refractivity contribution in [2.45, 2.75) is 26.3 Å². The average molecular weight is 300 g/mol. The first-order valence-electron chi connectivity index (χ1n) is 7.30. The van der Waals surface area contributed by atoms with E-state index in [1.807, 2.05) is 38.1 Å². The first-order valence-corrected chi connectivity index (χ1v) is 7.30. The van der Waals surface area contributed by atoms with Gasteiger partial charge < -0.3 is 10.1 Å². The second-order valence-electron chi connectivity index (χ2n) is 5.28. The van der Waals surface area contributed by atoms with E-state index in [0.29, 0.717) is 5.56 Å². The van der Waals surface area contributed by atoms with Crippen LogP contribution in [0.2, 0.25) is 0 Å². The molecule has 0 saturated heterocycles. The lowest BCUT2D eigenvalue weighted by atomic mass is 9.99. The minimum atomic E-state index is -0.658. The maximum absolute atomic E-state index is 12.4. The third kappa shape index (κ3) is 3.42. The Morgan fingerprint density at radius 1 is 1.32 bits per heavy atom. The molecule has 1 heterocycles. The SMILES string of the molecule is CC[C@@H](C)[C@@H](NC(=O)c1cnc2ccccc2c1)C(=O)OC. The number of nitrogens with one attached hydrogen (secondary N) is 1. The van der Waals surface area contributed by atoms with Crippen LogP contribution in [0.1, 0.15) is 30.6 Å². The van der Waals surface area contributed by atoms with Crippen molar-refractivity contribution in [3.8, 4) is 0 Å². The lowest BCUT2D eigenvalue weighted by Crippen LogP contribution is -2.45. The highest BCUT2D eigenvalue weighted by Gasteiger charge is 2.27. The standard InChI is InChI=1S/C17H20N2O3/c1-4-11(2)15(17(21)22-3)19-16(20)13-9-12-7-5-6-8-14(12)18-10-13/h5-11,15H,4H2,1-3H3,(H,19,20)/t11-,15-/m1/s1. The molecule has 5 nitrogen and oxygen atoms in total. The van der Waals surface area contributed by atoms with E-state index in [0.717, 1.165) is 17.3 Å². The van der Waals surface area contributed by atoms with E-state index in [1.165, 1.54) is 13.3 Å². The Labute approximate surface area is 129 Å². The molecule has 2 rings (SSSR count). The molecular weight excluding hydrogens is 280 g/mol. The summed E-state index contributed by atoms with van der Waals surface area (Å²) in [6.07, 6.45) is 2.28. The van der Waals surface area contributed by atoms with E-state index in [9.17, 15) is 9.59 Å². The predicted molar refractivity (Wildman–Crippen MR) is 84.5 cm³/mol. The number of rotatable bonds is 5. The van der Waals surface area contributed by atoms with Crippen LogP contribution >= 0.6 is 0 Å². The van der Waals surface area contributed by atoms with Crippen LogP contribution in [0.4, 0.5) is 0 Å². The molecule has 2 atom stereocenters. The van der Waals surface area contributed by atoms with Crippen molar-refractivity contribution in [2.75, 3.05) is 7.11 Å². The fraction of sp³-hybridized carbons (Fsp3) is 0.353. The van der Waals surface area contributed by atoms with Gasteiger partial charge in [0, 0.05) is 11.6 Å². The number of carbonyl (C=O) groups excluding carboxylic acids is 2. The van der Waals surface area contributed by atoms with Crippen molar-refractivity contribution in [1.29, 1.82) is 0 Å². The van der Waals surface area contributed by atoms with Crippen LogP contribution in [-0.4, -0.2) is 30.0 Å². The quantitative estimate of drug-likeness (QED) is 0.862. The van der Waals surface area contributed by atoms with Crippen LogP contribution in [0.25, 0.3) is 10.9 Å². The highest BCUT2D eigenvalue weighted by Crippen LogP contribution is 2.14. The lowest BCUT2D eigenvalue weighted by molar-refractivity contribution is -0.144. The molecule has 0 aliphatic rings. The van der Waals surface area contributed by atoms with E-state index in [2.05, 4.69) is 10.3 Å². The summed E-state index contributed by atoms with van der Waals surface area (Å²) in [5.41, 5.74) is 1.25. The number of pyridine rings is 1. The van der Waals surface area contributed by atoms with Gasteiger partial charge in [-0.1, -0.05) is 38.5 Å². The summed E-state index contributed by atoms with van der Waals surface area (Å²) >= 11 is 0. The Morgan fingerprint density at radius 3 is 2.73 bits per heavy atom. The molecule has 22 heavy (non-hydrogen) atoms. The second kappa shape index (κ2) is 7.02. The molecule has 0 aliphatic carbocycles. The van der Waals surface area contributed by atoms with Crippen LogP contribution in [0, 0.1) is 5.92 Å².